The molecule has 5 heteroatoms. The van der Waals surface area contributed by atoms with Crippen LogP contribution in [0.3, 0.4) is 0 Å². The maximum absolute atomic E-state index is 12.5. The van der Waals surface area contributed by atoms with Crippen LogP contribution in [0.2, 0.25) is 0 Å². The number of nitrogens with zero attached hydrogens (tertiary/aromatic N) is 2. The van der Waals surface area contributed by atoms with Gasteiger partial charge in [0.1, 0.15) is 0 Å². The van der Waals surface area contributed by atoms with Gasteiger partial charge >= 0.3 is 0 Å². The third-order valence-corrected chi connectivity index (χ3v) is 4.08. The molecule has 0 aliphatic heterocycles. The van der Waals surface area contributed by atoms with Gasteiger partial charge in [-0.05, 0) is 36.3 Å². The first-order valence-corrected chi connectivity index (χ1v) is 8.85. The molecule has 0 radical (unpaired) electrons. The van der Waals surface area contributed by atoms with Gasteiger partial charge in [0.2, 0.25) is 5.95 Å². The van der Waals surface area contributed by atoms with E-state index in [-0.39, 0.29) is 5.91 Å². The number of rotatable bonds is 7. The van der Waals surface area contributed by atoms with Crippen LogP contribution >= 0.6 is 0 Å². The standard InChI is InChI=1S/C20H28N4O/c1-13(2)9-10-21-20-22-11-16(12-23-20)19(25)24-18-15(5)7-6-8-17(18)14(3)4/h6-8,11-14H,9-10H2,1-5H3,(H,24,25)(H,21,22,23). The van der Waals surface area contributed by atoms with E-state index in [2.05, 4.69) is 48.3 Å². The van der Waals surface area contributed by atoms with Gasteiger partial charge in [0.25, 0.3) is 5.91 Å². The van der Waals surface area contributed by atoms with E-state index in [1.54, 1.807) is 12.4 Å². The molecule has 5 nitrogen and oxygen atoms in total. The molecule has 0 saturated heterocycles. The van der Waals surface area contributed by atoms with E-state index in [1.165, 1.54) is 0 Å². The third-order valence-electron chi connectivity index (χ3n) is 4.08. The fourth-order valence-electron chi connectivity index (χ4n) is 2.54. The molecule has 1 aromatic heterocycles. The van der Waals surface area contributed by atoms with Crippen molar-refractivity contribution in [1.82, 2.24) is 9.97 Å². The second kappa shape index (κ2) is 8.60. The molecule has 1 amide bonds. The number of amides is 1. The average molecular weight is 340 g/mol. The van der Waals surface area contributed by atoms with Crippen molar-refractivity contribution in [3.63, 3.8) is 0 Å². The summed E-state index contributed by atoms with van der Waals surface area (Å²) >= 11 is 0. The zero-order valence-corrected chi connectivity index (χ0v) is 15.8. The summed E-state index contributed by atoms with van der Waals surface area (Å²) in [6.07, 6.45) is 4.18. The summed E-state index contributed by atoms with van der Waals surface area (Å²) in [7, 11) is 0. The normalized spacial score (nSPS) is 11.0. The molecule has 1 aromatic carbocycles. The monoisotopic (exact) mass is 340 g/mol. The van der Waals surface area contributed by atoms with Gasteiger partial charge in [0.15, 0.2) is 0 Å². The van der Waals surface area contributed by atoms with Crippen LogP contribution in [0.15, 0.2) is 30.6 Å². The minimum Gasteiger partial charge on any atom is -0.354 e. The van der Waals surface area contributed by atoms with E-state index in [1.807, 2.05) is 25.1 Å². The summed E-state index contributed by atoms with van der Waals surface area (Å²) in [6.45, 7) is 11.4. The molecule has 25 heavy (non-hydrogen) atoms. The maximum Gasteiger partial charge on any atom is 0.258 e. The van der Waals surface area contributed by atoms with Gasteiger partial charge in [-0.15, -0.1) is 0 Å². The molecule has 0 aliphatic rings. The van der Waals surface area contributed by atoms with Gasteiger partial charge in [-0.25, -0.2) is 9.97 Å². The molecular weight excluding hydrogens is 312 g/mol. The largest absolute Gasteiger partial charge is 0.354 e. The summed E-state index contributed by atoms with van der Waals surface area (Å²) in [5, 5.41) is 6.19. The fourth-order valence-corrected chi connectivity index (χ4v) is 2.54. The number of nitrogens with one attached hydrogen (secondary N) is 2. The van der Waals surface area contributed by atoms with E-state index in [0.29, 0.717) is 23.3 Å². The summed E-state index contributed by atoms with van der Waals surface area (Å²) < 4.78 is 0. The predicted octanol–water partition coefficient (Wildman–Crippen LogP) is 4.62. The summed E-state index contributed by atoms with van der Waals surface area (Å²) in [4.78, 5) is 21.0. The summed E-state index contributed by atoms with van der Waals surface area (Å²) in [6, 6.07) is 6.06. The highest BCUT2D eigenvalue weighted by Gasteiger charge is 2.14. The Labute approximate surface area is 150 Å². The van der Waals surface area contributed by atoms with Crippen molar-refractivity contribution in [2.75, 3.05) is 17.2 Å². The van der Waals surface area contributed by atoms with E-state index >= 15 is 0 Å². The molecule has 2 N–H and O–H groups in total. The molecule has 0 bridgehead atoms. The van der Waals surface area contributed by atoms with Crippen LogP contribution in [0.25, 0.3) is 0 Å². The van der Waals surface area contributed by atoms with Crippen molar-refractivity contribution >= 4 is 17.5 Å². The quantitative estimate of drug-likeness (QED) is 0.772. The van der Waals surface area contributed by atoms with Gasteiger partial charge in [0, 0.05) is 24.6 Å². The molecule has 0 spiro atoms. The minimum atomic E-state index is -0.190. The van der Waals surface area contributed by atoms with E-state index < -0.39 is 0 Å². The van der Waals surface area contributed by atoms with Gasteiger partial charge in [-0.2, -0.15) is 0 Å². The first-order valence-electron chi connectivity index (χ1n) is 8.85. The number of anilines is 2. The lowest BCUT2D eigenvalue weighted by Gasteiger charge is -2.16. The smallest absolute Gasteiger partial charge is 0.258 e. The highest BCUT2D eigenvalue weighted by Crippen LogP contribution is 2.27. The molecule has 0 aliphatic carbocycles. The Morgan fingerprint density at radius 1 is 1.12 bits per heavy atom. The Balaban J connectivity index is 2.07. The number of hydrogen-bond donors (Lipinski definition) is 2. The first-order chi connectivity index (χ1) is 11.9. The van der Waals surface area contributed by atoms with Crippen molar-refractivity contribution in [2.45, 2.75) is 47.0 Å². The molecule has 0 unspecified atom stereocenters. The second-order valence-corrected chi connectivity index (χ2v) is 7.05. The number of hydrogen-bond acceptors (Lipinski definition) is 4. The van der Waals surface area contributed by atoms with E-state index in [4.69, 9.17) is 0 Å². The van der Waals surface area contributed by atoms with Crippen molar-refractivity contribution in [2.24, 2.45) is 5.92 Å². The lowest BCUT2D eigenvalue weighted by molar-refractivity contribution is 0.102. The molecule has 0 saturated carbocycles. The molecule has 134 valence electrons. The second-order valence-electron chi connectivity index (χ2n) is 7.05. The Kier molecular flexibility index (Phi) is 6.51. The number of carbonyl (C=O) groups excluding carboxylic acids is 1. The Morgan fingerprint density at radius 3 is 2.40 bits per heavy atom. The van der Waals surface area contributed by atoms with Crippen molar-refractivity contribution < 1.29 is 4.79 Å². The summed E-state index contributed by atoms with van der Waals surface area (Å²) in [5.41, 5.74) is 3.50. The van der Waals surface area contributed by atoms with Gasteiger partial charge in [0.05, 0.1) is 5.56 Å². The predicted molar refractivity (Wildman–Crippen MR) is 103 cm³/mol. The Morgan fingerprint density at radius 2 is 1.80 bits per heavy atom. The SMILES string of the molecule is Cc1cccc(C(C)C)c1NC(=O)c1cnc(NCCC(C)C)nc1. The van der Waals surface area contributed by atoms with Crippen molar-refractivity contribution in [1.29, 1.82) is 0 Å². The van der Waals surface area contributed by atoms with Crippen LogP contribution in [-0.2, 0) is 0 Å². The topological polar surface area (TPSA) is 66.9 Å². The highest BCUT2D eigenvalue weighted by atomic mass is 16.1. The number of aromatic nitrogens is 2. The molecule has 0 fully saturated rings. The lowest BCUT2D eigenvalue weighted by atomic mass is 9.98. The van der Waals surface area contributed by atoms with Crippen LogP contribution in [0.4, 0.5) is 11.6 Å². The van der Waals surface area contributed by atoms with Crippen molar-refractivity contribution in [3.8, 4) is 0 Å². The van der Waals surface area contributed by atoms with E-state index in [0.717, 1.165) is 29.8 Å². The van der Waals surface area contributed by atoms with Gasteiger partial charge in [-0.3, -0.25) is 4.79 Å². The van der Waals surface area contributed by atoms with Crippen LogP contribution in [0.1, 0.15) is 61.5 Å². The Bertz CT molecular complexity index is 708. The molecular formula is C20H28N4O. The average Bonchev–Trinajstić information content (AvgIpc) is 2.56. The first kappa shape index (κ1) is 18.9. The maximum atomic E-state index is 12.5. The van der Waals surface area contributed by atoms with Gasteiger partial charge < -0.3 is 10.6 Å². The third kappa shape index (κ3) is 5.28. The molecule has 1 heterocycles. The number of benzene rings is 1. The lowest BCUT2D eigenvalue weighted by Crippen LogP contribution is -2.16. The summed E-state index contributed by atoms with van der Waals surface area (Å²) in [5.74, 6) is 1.32. The number of carbonyl (C=O) groups is 1. The fraction of sp³-hybridized carbons (Fsp3) is 0.450. The van der Waals surface area contributed by atoms with Crippen LogP contribution in [-0.4, -0.2) is 22.4 Å². The molecule has 2 rings (SSSR count). The van der Waals surface area contributed by atoms with Crippen molar-refractivity contribution in [3.05, 3.63) is 47.3 Å². The van der Waals surface area contributed by atoms with E-state index in [9.17, 15) is 4.79 Å². The van der Waals surface area contributed by atoms with Crippen LogP contribution in [0.5, 0.6) is 0 Å². The Hall–Kier alpha value is -2.43. The number of para-hydroxylation sites is 1. The zero-order chi connectivity index (χ0) is 18.4. The minimum absolute atomic E-state index is 0.190. The van der Waals surface area contributed by atoms with Crippen LogP contribution in [0, 0.1) is 12.8 Å². The molecule has 0 atom stereocenters. The molecule has 2 aromatic rings. The van der Waals surface area contributed by atoms with Crippen LogP contribution < -0.4 is 10.6 Å². The van der Waals surface area contributed by atoms with Gasteiger partial charge in [-0.1, -0.05) is 45.9 Å². The number of aryl methyl sites for hydroxylation is 1. The highest BCUT2D eigenvalue weighted by molar-refractivity contribution is 6.04. The zero-order valence-electron chi connectivity index (χ0n) is 15.8.